The van der Waals surface area contributed by atoms with Gasteiger partial charge in [-0.25, -0.2) is 0 Å². The van der Waals surface area contributed by atoms with Crippen LogP contribution in [-0.2, 0) is 21.4 Å². The number of aryl methyl sites for hydroxylation is 2. The fraction of sp³-hybridized carbons (Fsp3) is 0.643. The first-order valence-corrected chi connectivity index (χ1v) is 6.82. The number of anilines is 1. The number of nitrogens with one attached hydrogen (secondary N) is 1. The molecule has 1 aliphatic rings. The summed E-state index contributed by atoms with van der Waals surface area (Å²) >= 11 is 0. The molecule has 1 amide bonds. The van der Waals surface area contributed by atoms with E-state index in [2.05, 4.69) is 10.4 Å². The molecule has 3 unspecified atom stereocenters. The van der Waals surface area contributed by atoms with E-state index in [1.165, 1.54) is 0 Å². The van der Waals surface area contributed by atoms with Crippen molar-refractivity contribution in [2.75, 3.05) is 5.32 Å². The SMILES string of the molecule is Cc1nn(C)c(C)c1NC(=O)C(C)OC(=O)C1CC1C. The van der Waals surface area contributed by atoms with Gasteiger partial charge >= 0.3 is 5.97 Å². The van der Waals surface area contributed by atoms with Crippen molar-refractivity contribution in [3.05, 3.63) is 11.4 Å². The van der Waals surface area contributed by atoms with Crippen molar-refractivity contribution >= 4 is 17.6 Å². The molecule has 0 aliphatic heterocycles. The highest BCUT2D eigenvalue weighted by molar-refractivity contribution is 5.96. The summed E-state index contributed by atoms with van der Waals surface area (Å²) in [4.78, 5) is 23.8. The highest BCUT2D eigenvalue weighted by atomic mass is 16.5. The Hall–Kier alpha value is -1.85. The summed E-state index contributed by atoms with van der Waals surface area (Å²) in [5, 5.41) is 7.00. The first-order valence-electron chi connectivity index (χ1n) is 6.82. The van der Waals surface area contributed by atoms with Crippen LogP contribution in [0.5, 0.6) is 0 Å². The number of aromatic nitrogens is 2. The average Bonchev–Trinajstić information content (AvgIpc) is 3.06. The minimum atomic E-state index is -0.797. The molecule has 110 valence electrons. The molecule has 20 heavy (non-hydrogen) atoms. The molecule has 1 aromatic heterocycles. The quantitative estimate of drug-likeness (QED) is 0.849. The topological polar surface area (TPSA) is 73.2 Å². The van der Waals surface area contributed by atoms with Crippen LogP contribution < -0.4 is 5.32 Å². The van der Waals surface area contributed by atoms with Crippen molar-refractivity contribution < 1.29 is 14.3 Å². The van der Waals surface area contributed by atoms with Gasteiger partial charge in [0.25, 0.3) is 5.91 Å². The van der Waals surface area contributed by atoms with E-state index in [1.807, 2.05) is 27.8 Å². The summed E-state index contributed by atoms with van der Waals surface area (Å²) in [5.41, 5.74) is 2.29. The number of esters is 1. The minimum Gasteiger partial charge on any atom is -0.452 e. The molecule has 3 atom stereocenters. The lowest BCUT2D eigenvalue weighted by Crippen LogP contribution is -2.31. The molecule has 0 bridgehead atoms. The van der Waals surface area contributed by atoms with Crippen LogP contribution in [0.1, 0.15) is 31.7 Å². The molecule has 1 saturated carbocycles. The number of ether oxygens (including phenoxy) is 1. The Labute approximate surface area is 118 Å². The van der Waals surface area contributed by atoms with Gasteiger partial charge in [0.2, 0.25) is 0 Å². The summed E-state index contributed by atoms with van der Waals surface area (Å²) in [6.45, 7) is 7.28. The van der Waals surface area contributed by atoms with Crippen molar-refractivity contribution in [1.29, 1.82) is 0 Å². The van der Waals surface area contributed by atoms with Gasteiger partial charge in [0, 0.05) is 7.05 Å². The Bertz CT molecular complexity index is 550. The number of rotatable bonds is 4. The monoisotopic (exact) mass is 279 g/mol. The van der Waals surface area contributed by atoms with Gasteiger partial charge in [0.05, 0.1) is 23.0 Å². The summed E-state index contributed by atoms with van der Waals surface area (Å²) in [5.74, 6) is -0.265. The summed E-state index contributed by atoms with van der Waals surface area (Å²) < 4.78 is 6.89. The standard InChI is InChI=1S/C14H21N3O3/c1-7-6-11(7)14(19)20-10(4)13(18)15-12-8(2)16-17(5)9(12)3/h7,10-11H,6H2,1-5H3,(H,15,18). The maximum absolute atomic E-state index is 12.1. The van der Waals surface area contributed by atoms with Crippen LogP contribution in [0.15, 0.2) is 0 Å². The predicted octanol–water partition coefficient (Wildman–Crippen LogP) is 1.56. The molecule has 0 radical (unpaired) electrons. The summed E-state index contributed by atoms with van der Waals surface area (Å²) in [6, 6.07) is 0. The van der Waals surface area contributed by atoms with Gasteiger partial charge in [-0.2, -0.15) is 5.10 Å². The van der Waals surface area contributed by atoms with E-state index in [0.717, 1.165) is 17.8 Å². The lowest BCUT2D eigenvalue weighted by molar-refractivity contribution is -0.154. The Kier molecular flexibility index (Phi) is 3.83. The maximum atomic E-state index is 12.1. The molecule has 6 nitrogen and oxygen atoms in total. The Morgan fingerprint density at radius 1 is 1.45 bits per heavy atom. The normalized spacial score (nSPS) is 22.2. The van der Waals surface area contributed by atoms with E-state index in [0.29, 0.717) is 11.6 Å². The Balaban J connectivity index is 1.95. The third kappa shape index (κ3) is 2.84. The number of hydrogen-bond donors (Lipinski definition) is 1. The number of carbonyl (C=O) groups excluding carboxylic acids is 2. The number of amides is 1. The number of nitrogens with zero attached hydrogens (tertiary/aromatic N) is 2. The summed E-state index contributed by atoms with van der Waals surface area (Å²) in [6.07, 6.45) is 0.0582. The van der Waals surface area contributed by atoms with Gasteiger partial charge in [0.1, 0.15) is 0 Å². The third-order valence-electron chi connectivity index (χ3n) is 3.83. The third-order valence-corrected chi connectivity index (χ3v) is 3.83. The molecule has 1 heterocycles. The number of hydrogen-bond acceptors (Lipinski definition) is 4. The average molecular weight is 279 g/mol. The highest BCUT2D eigenvalue weighted by Crippen LogP contribution is 2.38. The zero-order valence-corrected chi connectivity index (χ0v) is 12.6. The molecule has 2 rings (SSSR count). The van der Waals surface area contributed by atoms with Gasteiger partial charge in [0.15, 0.2) is 6.10 Å². The van der Waals surface area contributed by atoms with Crippen LogP contribution in [0.2, 0.25) is 0 Å². The lowest BCUT2D eigenvalue weighted by Gasteiger charge is -2.13. The van der Waals surface area contributed by atoms with Crippen LogP contribution in [-0.4, -0.2) is 27.8 Å². The molecule has 0 spiro atoms. The molecular formula is C14H21N3O3. The van der Waals surface area contributed by atoms with Gasteiger partial charge in [-0.1, -0.05) is 6.92 Å². The van der Waals surface area contributed by atoms with Gasteiger partial charge < -0.3 is 10.1 Å². The molecule has 1 fully saturated rings. The zero-order chi connectivity index (χ0) is 15.0. The van der Waals surface area contributed by atoms with Crippen molar-refractivity contribution in [2.24, 2.45) is 18.9 Å². The molecule has 0 aromatic carbocycles. The Morgan fingerprint density at radius 3 is 2.50 bits per heavy atom. The van der Waals surface area contributed by atoms with E-state index in [-0.39, 0.29) is 17.8 Å². The van der Waals surface area contributed by atoms with E-state index in [4.69, 9.17) is 4.74 Å². The second-order valence-corrected chi connectivity index (χ2v) is 5.56. The zero-order valence-electron chi connectivity index (χ0n) is 12.6. The van der Waals surface area contributed by atoms with Crippen molar-refractivity contribution in [3.63, 3.8) is 0 Å². The fourth-order valence-electron chi connectivity index (χ4n) is 2.14. The first kappa shape index (κ1) is 14.6. The van der Waals surface area contributed by atoms with Gasteiger partial charge in [-0.15, -0.1) is 0 Å². The van der Waals surface area contributed by atoms with Gasteiger partial charge in [-0.05, 0) is 33.1 Å². The second-order valence-electron chi connectivity index (χ2n) is 5.56. The molecular weight excluding hydrogens is 258 g/mol. The molecule has 0 saturated heterocycles. The van der Waals surface area contributed by atoms with Crippen LogP contribution in [0, 0.1) is 25.7 Å². The largest absolute Gasteiger partial charge is 0.452 e. The van der Waals surface area contributed by atoms with Crippen LogP contribution in [0.4, 0.5) is 5.69 Å². The molecule has 1 aliphatic carbocycles. The molecule has 1 aromatic rings. The lowest BCUT2D eigenvalue weighted by atomic mass is 10.3. The van der Waals surface area contributed by atoms with Crippen LogP contribution in [0.3, 0.4) is 0 Å². The van der Waals surface area contributed by atoms with E-state index < -0.39 is 6.10 Å². The minimum absolute atomic E-state index is 0.0351. The molecule has 6 heteroatoms. The smallest absolute Gasteiger partial charge is 0.309 e. The van der Waals surface area contributed by atoms with Crippen LogP contribution >= 0.6 is 0 Å². The highest BCUT2D eigenvalue weighted by Gasteiger charge is 2.41. The van der Waals surface area contributed by atoms with E-state index >= 15 is 0 Å². The van der Waals surface area contributed by atoms with Crippen molar-refractivity contribution in [3.8, 4) is 0 Å². The van der Waals surface area contributed by atoms with E-state index in [9.17, 15) is 9.59 Å². The summed E-state index contributed by atoms with van der Waals surface area (Å²) in [7, 11) is 1.82. The van der Waals surface area contributed by atoms with Crippen molar-refractivity contribution in [1.82, 2.24) is 9.78 Å². The molecule has 1 N–H and O–H groups in total. The van der Waals surface area contributed by atoms with Crippen molar-refractivity contribution in [2.45, 2.75) is 40.2 Å². The number of carbonyl (C=O) groups is 2. The first-order chi connectivity index (χ1) is 9.31. The second kappa shape index (κ2) is 5.26. The Morgan fingerprint density at radius 2 is 2.05 bits per heavy atom. The fourth-order valence-corrected chi connectivity index (χ4v) is 2.14. The maximum Gasteiger partial charge on any atom is 0.309 e. The predicted molar refractivity (Wildman–Crippen MR) is 74.1 cm³/mol. The van der Waals surface area contributed by atoms with E-state index in [1.54, 1.807) is 11.6 Å². The van der Waals surface area contributed by atoms with Crippen LogP contribution in [0.25, 0.3) is 0 Å². The van der Waals surface area contributed by atoms with Gasteiger partial charge in [-0.3, -0.25) is 14.3 Å².